The molecule has 0 aliphatic carbocycles. The van der Waals surface area contributed by atoms with Crippen LogP contribution in [0.4, 0.5) is 5.69 Å². The zero-order valence-electron chi connectivity index (χ0n) is 13.3. The van der Waals surface area contributed by atoms with E-state index < -0.39 is 0 Å². The van der Waals surface area contributed by atoms with Crippen molar-refractivity contribution in [2.45, 2.75) is 33.7 Å². The summed E-state index contributed by atoms with van der Waals surface area (Å²) >= 11 is 0. The molecule has 5 nitrogen and oxygen atoms in total. The maximum absolute atomic E-state index is 5.89. The van der Waals surface area contributed by atoms with E-state index >= 15 is 0 Å². The number of aryl methyl sites for hydroxylation is 4. The Morgan fingerprint density at radius 2 is 2.05 bits per heavy atom. The first-order valence-corrected chi connectivity index (χ1v) is 7.19. The molecule has 0 aliphatic rings. The summed E-state index contributed by atoms with van der Waals surface area (Å²) in [6.07, 6.45) is 0.915. The van der Waals surface area contributed by atoms with Gasteiger partial charge in [-0.25, -0.2) is 0 Å². The lowest BCUT2D eigenvalue weighted by atomic mass is 10.2. The van der Waals surface area contributed by atoms with E-state index in [2.05, 4.69) is 28.4 Å². The largest absolute Gasteiger partial charge is 0.370 e. The summed E-state index contributed by atoms with van der Waals surface area (Å²) in [7, 11) is 0. The SMILES string of the molecule is Cc1cccc(NC(N)=NCCCn2nc(C)cc2C)c1.I. The number of anilines is 1. The van der Waals surface area contributed by atoms with E-state index in [4.69, 9.17) is 5.73 Å². The van der Waals surface area contributed by atoms with Crippen molar-refractivity contribution in [2.75, 3.05) is 11.9 Å². The number of rotatable bonds is 5. The van der Waals surface area contributed by atoms with Gasteiger partial charge in [-0.2, -0.15) is 5.10 Å². The molecule has 0 fully saturated rings. The fourth-order valence-corrected chi connectivity index (χ4v) is 2.23. The Morgan fingerprint density at radius 3 is 2.68 bits per heavy atom. The van der Waals surface area contributed by atoms with Crippen LogP contribution in [0.3, 0.4) is 0 Å². The molecule has 0 bridgehead atoms. The molecule has 0 saturated heterocycles. The highest BCUT2D eigenvalue weighted by atomic mass is 127. The number of aliphatic imine (C=N–C) groups is 1. The second kappa shape index (κ2) is 8.77. The Kier molecular flexibility index (Phi) is 7.37. The Balaban J connectivity index is 0.00000242. The van der Waals surface area contributed by atoms with Gasteiger partial charge < -0.3 is 11.1 Å². The molecule has 1 aromatic carbocycles. The molecule has 0 radical (unpaired) electrons. The molecule has 0 unspecified atom stereocenters. The first-order valence-electron chi connectivity index (χ1n) is 7.19. The molecule has 1 heterocycles. The van der Waals surface area contributed by atoms with Crippen LogP contribution in [0, 0.1) is 20.8 Å². The van der Waals surface area contributed by atoms with E-state index in [1.165, 1.54) is 11.3 Å². The standard InChI is InChI=1S/C16H23N5.HI/c1-12-6-4-7-15(10-12)19-16(17)18-8-5-9-21-14(3)11-13(2)20-21;/h4,6-7,10-11H,5,8-9H2,1-3H3,(H3,17,18,19);1H. The summed E-state index contributed by atoms with van der Waals surface area (Å²) in [4.78, 5) is 4.34. The molecule has 0 spiro atoms. The quantitative estimate of drug-likeness (QED) is 0.342. The third-order valence-corrected chi connectivity index (χ3v) is 3.20. The maximum atomic E-state index is 5.89. The summed E-state index contributed by atoms with van der Waals surface area (Å²) in [6.45, 7) is 7.67. The lowest BCUT2D eigenvalue weighted by Gasteiger charge is -2.06. The van der Waals surface area contributed by atoms with E-state index in [1.807, 2.05) is 42.8 Å². The Labute approximate surface area is 149 Å². The number of halogens is 1. The van der Waals surface area contributed by atoms with Crippen LogP contribution in [-0.2, 0) is 6.54 Å². The predicted molar refractivity (Wildman–Crippen MR) is 103 cm³/mol. The number of guanidine groups is 1. The van der Waals surface area contributed by atoms with E-state index in [1.54, 1.807) is 0 Å². The highest BCUT2D eigenvalue weighted by Gasteiger charge is 2.00. The minimum Gasteiger partial charge on any atom is -0.370 e. The molecule has 3 N–H and O–H groups in total. The molecule has 6 heteroatoms. The van der Waals surface area contributed by atoms with Gasteiger partial charge in [-0.05, 0) is 51.0 Å². The zero-order valence-corrected chi connectivity index (χ0v) is 15.7. The van der Waals surface area contributed by atoms with Crippen molar-refractivity contribution < 1.29 is 0 Å². The van der Waals surface area contributed by atoms with Crippen LogP contribution in [0.1, 0.15) is 23.4 Å². The topological polar surface area (TPSA) is 68.2 Å². The maximum Gasteiger partial charge on any atom is 0.193 e. The molecule has 2 rings (SSSR count). The second-order valence-electron chi connectivity index (χ2n) is 5.27. The predicted octanol–water partition coefficient (Wildman–Crippen LogP) is 3.24. The van der Waals surface area contributed by atoms with Crippen LogP contribution < -0.4 is 11.1 Å². The zero-order chi connectivity index (χ0) is 15.2. The molecular weight excluding hydrogens is 389 g/mol. The van der Waals surface area contributed by atoms with Gasteiger partial charge in [0.25, 0.3) is 0 Å². The van der Waals surface area contributed by atoms with Gasteiger partial charge in [0, 0.05) is 24.5 Å². The summed E-state index contributed by atoms with van der Waals surface area (Å²) < 4.78 is 2.01. The van der Waals surface area contributed by atoms with Gasteiger partial charge in [-0.3, -0.25) is 9.67 Å². The second-order valence-corrected chi connectivity index (χ2v) is 5.27. The lowest BCUT2D eigenvalue weighted by Crippen LogP contribution is -2.23. The van der Waals surface area contributed by atoms with Crippen molar-refractivity contribution in [3.05, 3.63) is 47.3 Å². The van der Waals surface area contributed by atoms with E-state index in [-0.39, 0.29) is 24.0 Å². The molecule has 1 aromatic heterocycles. The third-order valence-electron chi connectivity index (χ3n) is 3.20. The Morgan fingerprint density at radius 1 is 1.27 bits per heavy atom. The highest BCUT2D eigenvalue weighted by Crippen LogP contribution is 2.08. The molecule has 120 valence electrons. The number of benzene rings is 1. The summed E-state index contributed by atoms with van der Waals surface area (Å²) in [5, 5.41) is 7.53. The molecule has 0 atom stereocenters. The fraction of sp³-hybridized carbons (Fsp3) is 0.375. The van der Waals surface area contributed by atoms with Crippen LogP contribution in [0.5, 0.6) is 0 Å². The fourth-order valence-electron chi connectivity index (χ4n) is 2.23. The summed E-state index contributed by atoms with van der Waals surface area (Å²) in [6, 6.07) is 10.1. The van der Waals surface area contributed by atoms with Gasteiger partial charge in [0.1, 0.15) is 0 Å². The lowest BCUT2D eigenvalue weighted by molar-refractivity contribution is 0.568. The van der Waals surface area contributed by atoms with Gasteiger partial charge >= 0.3 is 0 Å². The van der Waals surface area contributed by atoms with Gasteiger partial charge in [0.05, 0.1) is 5.69 Å². The molecule has 0 saturated carbocycles. The van der Waals surface area contributed by atoms with Crippen molar-refractivity contribution in [1.82, 2.24) is 9.78 Å². The van der Waals surface area contributed by atoms with Gasteiger partial charge in [-0.15, -0.1) is 24.0 Å². The van der Waals surface area contributed by atoms with Crippen molar-refractivity contribution in [1.29, 1.82) is 0 Å². The number of aromatic nitrogens is 2. The number of nitrogens with one attached hydrogen (secondary N) is 1. The van der Waals surface area contributed by atoms with Crippen LogP contribution in [0.15, 0.2) is 35.3 Å². The van der Waals surface area contributed by atoms with Gasteiger partial charge in [-0.1, -0.05) is 12.1 Å². The molecule has 2 aromatic rings. The monoisotopic (exact) mass is 413 g/mol. The summed E-state index contributed by atoms with van der Waals surface area (Å²) in [5.74, 6) is 0.453. The van der Waals surface area contributed by atoms with Crippen molar-refractivity contribution in [3.8, 4) is 0 Å². The average Bonchev–Trinajstić information content (AvgIpc) is 2.73. The van der Waals surface area contributed by atoms with Crippen molar-refractivity contribution >= 4 is 35.6 Å². The smallest absolute Gasteiger partial charge is 0.193 e. The highest BCUT2D eigenvalue weighted by molar-refractivity contribution is 14.0. The van der Waals surface area contributed by atoms with Crippen LogP contribution in [0.25, 0.3) is 0 Å². The average molecular weight is 413 g/mol. The minimum absolute atomic E-state index is 0. The van der Waals surface area contributed by atoms with E-state index in [9.17, 15) is 0 Å². The number of hydrogen-bond acceptors (Lipinski definition) is 2. The van der Waals surface area contributed by atoms with Crippen molar-refractivity contribution in [3.63, 3.8) is 0 Å². The number of nitrogens with two attached hydrogens (primary N) is 1. The Bertz CT molecular complexity index is 633. The molecule has 0 amide bonds. The molecule has 0 aliphatic heterocycles. The van der Waals surface area contributed by atoms with E-state index in [0.717, 1.165) is 24.3 Å². The normalized spacial score (nSPS) is 11.1. The van der Waals surface area contributed by atoms with Crippen LogP contribution in [-0.4, -0.2) is 22.3 Å². The first-order chi connectivity index (χ1) is 10.0. The number of hydrogen-bond donors (Lipinski definition) is 2. The summed E-state index contributed by atoms with van der Waals surface area (Å²) in [5.41, 5.74) is 10.3. The minimum atomic E-state index is 0. The number of nitrogens with zero attached hydrogens (tertiary/aromatic N) is 3. The van der Waals surface area contributed by atoms with E-state index in [0.29, 0.717) is 12.5 Å². The van der Waals surface area contributed by atoms with Crippen molar-refractivity contribution in [2.24, 2.45) is 10.7 Å². The van der Waals surface area contributed by atoms with Crippen LogP contribution in [0.2, 0.25) is 0 Å². The van der Waals surface area contributed by atoms with Crippen LogP contribution >= 0.6 is 24.0 Å². The first kappa shape index (κ1) is 18.5. The Hall–Kier alpha value is -1.57. The molecule has 22 heavy (non-hydrogen) atoms. The molecular formula is C16H24IN5. The third kappa shape index (κ3) is 5.67. The van der Waals surface area contributed by atoms with Gasteiger partial charge in [0.2, 0.25) is 0 Å². The van der Waals surface area contributed by atoms with Gasteiger partial charge in [0.15, 0.2) is 5.96 Å².